The third kappa shape index (κ3) is 5.23. The smallest absolute Gasteiger partial charge is 0.223 e. The van der Waals surface area contributed by atoms with Crippen LogP contribution >= 0.6 is 0 Å². The van der Waals surface area contributed by atoms with Crippen LogP contribution in [0, 0.1) is 5.92 Å². The van der Waals surface area contributed by atoms with Gasteiger partial charge in [0, 0.05) is 32.7 Å². The van der Waals surface area contributed by atoms with Crippen LogP contribution in [0.1, 0.15) is 25.7 Å². The lowest BCUT2D eigenvalue weighted by Crippen LogP contribution is -2.43. The van der Waals surface area contributed by atoms with Crippen molar-refractivity contribution in [2.24, 2.45) is 5.92 Å². The second kappa shape index (κ2) is 7.56. The number of amides is 1. The van der Waals surface area contributed by atoms with E-state index in [2.05, 4.69) is 5.32 Å². The lowest BCUT2D eigenvalue weighted by molar-refractivity contribution is -0.133. The van der Waals surface area contributed by atoms with Gasteiger partial charge in [0.25, 0.3) is 0 Å². The SMILES string of the molecule is COCCN(CC1CCCN1)C(=O)CC1CCS(=O)(=O)C1. The van der Waals surface area contributed by atoms with E-state index in [4.69, 9.17) is 4.74 Å². The molecular weight excluding hydrogens is 292 g/mol. The average Bonchev–Trinajstić information content (AvgIpc) is 3.04. The molecule has 0 saturated carbocycles. The Hall–Kier alpha value is -0.660. The molecule has 2 rings (SSSR count). The van der Waals surface area contributed by atoms with Crippen LogP contribution in [0.4, 0.5) is 0 Å². The van der Waals surface area contributed by atoms with Gasteiger partial charge in [-0.05, 0) is 31.7 Å². The van der Waals surface area contributed by atoms with Crippen molar-refractivity contribution in [1.82, 2.24) is 10.2 Å². The maximum Gasteiger partial charge on any atom is 0.223 e. The number of ether oxygens (including phenoxy) is 1. The molecule has 2 fully saturated rings. The van der Waals surface area contributed by atoms with Crippen molar-refractivity contribution in [3.63, 3.8) is 0 Å². The number of carbonyl (C=O) groups is 1. The monoisotopic (exact) mass is 318 g/mol. The quantitative estimate of drug-likeness (QED) is 0.717. The van der Waals surface area contributed by atoms with Gasteiger partial charge in [0.1, 0.15) is 0 Å². The third-order valence-electron chi connectivity index (χ3n) is 4.31. The number of carbonyl (C=O) groups excluding carboxylic acids is 1. The van der Waals surface area contributed by atoms with E-state index in [1.54, 1.807) is 7.11 Å². The zero-order valence-corrected chi connectivity index (χ0v) is 13.5. The van der Waals surface area contributed by atoms with Gasteiger partial charge in [-0.2, -0.15) is 0 Å². The highest BCUT2D eigenvalue weighted by atomic mass is 32.2. The highest BCUT2D eigenvalue weighted by Crippen LogP contribution is 2.22. The van der Waals surface area contributed by atoms with Crippen molar-refractivity contribution < 1.29 is 17.9 Å². The Kier molecular flexibility index (Phi) is 6.01. The van der Waals surface area contributed by atoms with Gasteiger partial charge in [0.2, 0.25) is 5.91 Å². The molecule has 6 nitrogen and oxygen atoms in total. The summed E-state index contributed by atoms with van der Waals surface area (Å²) in [6.45, 7) is 2.80. The summed E-state index contributed by atoms with van der Waals surface area (Å²) in [5.41, 5.74) is 0. The first-order valence-corrected chi connectivity index (χ1v) is 9.53. The molecule has 2 aliphatic rings. The first-order valence-electron chi connectivity index (χ1n) is 7.70. The van der Waals surface area contributed by atoms with E-state index in [0.29, 0.717) is 38.6 Å². The molecule has 0 spiro atoms. The standard InChI is InChI=1S/C14H26N2O4S/c1-20-7-6-16(10-13-3-2-5-15-13)14(17)9-12-4-8-21(18,19)11-12/h12-13,15H,2-11H2,1H3. The molecule has 21 heavy (non-hydrogen) atoms. The van der Waals surface area contributed by atoms with Crippen LogP contribution in [-0.2, 0) is 19.4 Å². The van der Waals surface area contributed by atoms with Gasteiger partial charge in [-0.1, -0.05) is 0 Å². The first-order chi connectivity index (χ1) is 10.00. The van der Waals surface area contributed by atoms with Gasteiger partial charge in [0.15, 0.2) is 9.84 Å². The highest BCUT2D eigenvalue weighted by Gasteiger charge is 2.31. The van der Waals surface area contributed by atoms with E-state index in [1.165, 1.54) is 0 Å². The molecule has 7 heteroatoms. The van der Waals surface area contributed by atoms with Crippen molar-refractivity contribution in [2.45, 2.75) is 31.7 Å². The van der Waals surface area contributed by atoms with Gasteiger partial charge >= 0.3 is 0 Å². The summed E-state index contributed by atoms with van der Waals surface area (Å²) in [5.74, 6) is 0.443. The van der Waals surface area contributed by atoms with E-state index in [9.17, 15) is 13.2 Å². The molecular formula is C14H26N2O4S. The summed E-state index contributed by atoms with van der Waals surface area (Å²) in [5, 5.41) is 3.39. The highest BCUT2D eigenvalue weighted by molar-refractivity contribution is 7.91. The summed E-state index contributed by atoms with van der Waals surface area (Å²) in [6.07, 6.45) is 3.20. The average molecular weight is 318 g/mol. The Balaban J connectivity index is 1.87. The minimum Gasteiger partial charge on any atom is -0.383 e. The molecule has 2 heterocycles. The molecule has 0 bridgehead atoms. The van der Waals surface area contributed by atoms with Crippen molar-refractivity contribution in [3.05, 3.63) is 0 Å². The number of hydrogen-bond donors (Lipinski definition) is 1. The van der Waals surface area contributed by atoms with Crippen LogP contribution in [-0.4, -0.2) is 70.1 Å². The van der Waals surface area contributed by atoms with Gasteiger partial charge in [-0.3, -0.25) is 4.79 Å². The predicted molar refractivity (Wildman–Crippen MR) is 80.9 cm³/mol. The number of sulfone groups is 1. The van der Waals surface area contributed by atoms with Crippen LogP contribution in [0.3, 0.4) is 0 Å². The number of nitrogens with zero attached hydrogens (tertiary/aromatic N) is 1. The molecule has 1 amide bonds. The maximum atomic E-state index is 12.5. The Morgan fingerprint density at radius 3 is 2.76 bits per heavy atom. The zero-order chi connectivity index (χ0) is 15.3. The molecule has 0 aromatic carbocycles. The summed E-state index contributed by atoms with van der Waals surface area (Å²) in [6, 6.07) is 0.359. The minimum atomic E-state index is -2.91. The molecule has 1 N–H and O–H groups in total. The Morgan fingerprint density at radius 1 is 1.38 bits per heavy atom. The normalized spacial score (nSPS) is 27.9. The summed E-state index contributed by atoms with van der Waals surface area (Å²) in [7, 11) is -1.29. The van der Waals surface area contributed by atoms with E-state index in [-0.39, 0.29) is 23.3 Å². The third-order valence-corrected chi connectivity index (χ3v) is 6.15. The molecule has 0 aliphatic carbocycles. The van der Waals surface area contributed by atoms with Crippen LogP contribution in [0.25, 0.3) is 0 Å². The summed E-state index contributed by atoms with van der Waals surface area (Å²) in [4.78, 5) is 14.3. The van der Waals surface area contributed by atoms with Crippen molar-refractivity contribution in [2.75, 3.05) is 44.9 Å². The number of methoxy groups -OCH3 is 1. The van der Waals surface area contributed by atoms with Gasteiger partial charge in [-0.25, -0.2) is 8.42 Å². The topological polar surface area (TPSA) is 75.7 Å². The molecule has 2 atom stereocenters. The molecule has 0 aromatic heterocycles. The largest absolute Gasteiger partial charge is 0.383 e. The minimum absolute atomic E-state index is 0.0101. The van der Waals surface area contributed by atoms with Crippen LogP contribution in [0.5, 0.6) is 0 Å². The lowest BCUT2D eigenvalue weighted by Gasteiger charge is -2.26. The van der Waals surface area contributed by atoms with Crippen LogP contribution in [0.2, 0.25) is 0 Å². The van der Waals surface area contributed by atoms with Crippen LogP contribution < -0.4 is 5.32 Å². The fraction of sp³-hybridized carbons (Fsp3) is 0.929. The fourth-order valence-electron chi connectivity index (χ4n) is 3.11. The number of nitrogens with one attached hydrogen (secondary N) is 1. The molecule has 0 radical (unpaired) electrons. The van der Waals surface area contributed by atoms with E-state index in [0.717, 1.165) is 19.4 Å². The Morgan fingerprint density at radius 2 is 2.19 bits per heavy atom. The fourth-order valence-corrected chi connectivity index (χ4v) is 4.97. The van der Waals surface area contributed by atoms with Crippen LogP contribution in [0.15, 0.2) is 0 Å². The number of rotatable bonds is 7. The summed E-state index contributed by atoms with van der Waals surface area (Å²) < 4.78 is 28.1. The predicted octanol–water partition coefficient (Wildman–Crippen LogP) is 0.0382. The van der Waals surface area contributed by atoms with E-state index < -0.39 is 9.84 Å². The second-order valence-corrected chi connectivity index (χ2v) is 8.33. The first kappa shape index (κ1) is 16.7. The molecule has 0 aromatic rings. The van der Waals surface area contributed by atoms with Crippen molar-refractivity contribution in [1.29, 1.82) is 0 Å². The van der Waals surface area contributed by atoms with E-state index >= 15 is 0 Å². The summed E-state index contributed by atoms with van der Waals surface area (Å²) >= 11 is 0. The van der Waals surface area contributed by atoms with Crippen molar-refractivity contribution >= 4 is 15.7 Å². The lowest BCUT2D eigenvalue weighted by atomic mass is 10.0. The van der Waals surface area contributed by atoms with Gasteiger partial charge in [-0.15, -0.1) is 0 Å². The molecule has 2 unspecified atom stereocenters. The van der Waals surface area contributed by atoms with Gasteiger partial charge < -0.3 is 15.0 Å². The zero-order valence-electron chi connectivity index (χ0n) is 12.7. The molecule has 2 saturated heterocycles. The van der Waals surface area contributed by atoms with E-state index in [1.807, 2.05) is 4.90 Å². The molecule has 122 valence electrons. The number of hydrogen-bond acceptors (Lipinski definition) is 5. The molecule has 2 aliphatic heterocycles. The Labute approximate surface area is 127 Å². The maximum absolute atomic E-state index is 12.5. The Bertz CT molecular complexity index is 446. The van der Waals surface area contributed by atoms with Crippen molar-refractivity contribution in [3.8, 4) is 0 Å². The second-order valence-electron chi connectivity index (χ2n) is 6.10. The van der Waals surface area contributed by atoms with Gasteiger partial charge in [0.05, 0.1) is 18.1 Å².